The molecule has 26 heavy (non-hydrogen) atoms. The summed E-state index contributed by atoms with van der Waals surface area (Å²) in [5.41, 5.74) is 1.29. The number of rotatable bonds is 3. The minimum Gasteiger partial charge on any atom is -0.504 e. The van der Waals surface area contributed by atoms with Crippen LogP contribution in [-0.2, 0) is 6.42 Å². The smallest absolute Gasteiger partial charge is 0.258 e. The fraction of sp³-hybridized carbons (Fsp3) is 0.158. The third-order valence-electron chi connectivity index (χ3n) is 4.13. The number of ether oxygens (including phenoxy) is 2. The molecular formula is C19H15ClN2O4. The molecule has 0 radical (unpaired) electrons. The van der Waals surface area contributed by atoms with E-state index in [0.29, 0.717) is 40.7 Å². The minimum atomic E-state index is -0.322. The fourth-order valence-corrected chi connectivity index (χ4v) is 3.11. The topological polar surface area (TPSA) is 84.4 Å². The van der Waals surface area contributed by atoms with Crippen LogP contribution >= 0.6 is 11.6 Å². The van der Waals surface area contributed by atoms with Gasteiger partial charge in [-0.3, -0.25) is 4.79 Å². The number of nitrogens with one attached hydrogen (secondary N) is 1. The SMILES string of the molecule is CCOc1cccc(-c2nc3c(c(=O)[nH]2)Cc2cc(Cl)ccc2O3)c1O. The largest absolute Gasteiger partial charge is 0.504 e. The average molecular weight is 371 g/mol. The molecule has 1 aliphatic rings. The molecule has 0 amide bonds. The quantitative estimate of drug-likeness (QED) is 0.571. The number of phenolic OH excluding ortho intramolecular Hbond substituents is 1. The van der Waals surface area contributed by atoms with Crippen molar-refractivity contribution in [3.63, 3.8) is 0 Å². The maximum Gasteiger partial charge on any atom is 0.258 e. The van der Waals surface area contributed by atoms with Gasteiger partial charge in [-0.1, -0.05) is 17.7 Å². The van der Waals surface area contributed by atoms with Crippen LogP contribution in [0.25, 0.3) is 11.4 Å². The highest BCUT2D eigenvalue weighted by molar-refractivity contribution is 6.30. The number of para-hydroxylation sites is 1. The molecule has 0 aliphatic carbocycles. The number of aromatic nitrogens is 2. The fourth-order valence-electron chi connectivity index (χ4n) is 2.91. The Kier molecular flexibility index (Phi) is 4.05. The van der Waals surface area contributed by atoms with E-state index in [1.54, 1.807) is 36.4 Å². The number of benzene rings is 2. The highest BCUT2D eigenvalue weighted by Crippen LogP contribution is 2.38. The molecule has 1 aromatic heterocycles. The van der Waals surface area contributed by atoms with Crippen molar-refractivity contribution in [2.24, 2.45) is 0 Å². The molecular weight excluding hydrogens is 356 g/mol. The van der Waals surface area contributed by atoms with E-state index in [1.165, 1.54) is 0 Å². The van der Waals surface area contributed by atoms with Gasteiger partial charge in [-0.2, -0.15) is 4.98 Å². The van der Waals surface area contributed by atoms with Crippen molar-refractivity contribution in [1.29, 1.82) is 0 Å². The number of nitrogens with zero attached hydrogens (tertiary/aromatic N) is 1. The van der Waals surface area contributed by atoms with Gasteiger partial charge in [-0.05, 0) is 37.3 Å². The number of aromatic hydroxyl groups is 1. The standard InChI is InChI=1S/C19H15ClN2O4/c1-2-25-15-5-3-4-12(16(15)23)17-21-18(24)13-9-10-8-11(20)6-7-14(10)26-19(13)22-17/h3-8,23H,2,9H2,1H3,(H,21,22,24). The van der Waals surface area contributed by atoms with Crippen LogP contribution in [0.15, 0.2) is 41.2 Å². The first-order valence-corrected chi connectivity index (χ1v) is 8.49. The molecule has 0 unspecified atom stereocenters. The first-order chi connectivity index (χ1) is 12.6. The number of aromatic amines is 1. The summed E-state index contributed by atoms with van der Waals surface area (Å²) in [6, 6.07) is 10.3. The van der Waals surface area contributed by atoms with Crippen molar-refractivity contribution in [3.05, 3.63) is 62.9 Å². The predicted molar refractivity (Wildman–Crippen MR) is 97.5 cm³/mol. The second-order valence-corrected chi connectivity index (χ2v) is 6.25. The zero-order valence-corrected chi connectivity index (χ0v) is 14.6. The second-order valence-electron chi connectivity index (χ2n) is 5.81. The summed E-state index contributed by atoms with van der Waals surface area (Å²) in [4.78, 5) is 19.7. The third kappa shape index (κ3) is 2.78. The summed E-state index contributed by atoms with van der Waals surface area (Å²) < 4.78 is 11.2. The molecule has 4 rings (SSSR count). The Morgan fingerprint density at radius 1 is 1.35 bits per heavy atom. The second kappa shape index (κ2) is 6.38. The molecule has 0 atom stereocenters. The monoisotopic (exact) mass is 370 g/mol. The lowest BCUT2D eigenvalue weighted by Gasteiger charge is -2.19. The Bertz CT molecular complexity index is 1060. The van der Waals surface area contributed by atoms with Crippen molar-refractivity contribution >= 4 is 11.6 Å². The Labute approximate surface area is 154 Å². The molecule has 0 bridgehead atoms. The summed E-state index contributed by atoms with van der Waals surface area (Å²) in [6.07, 6.45) is 0.374. The summed E-state index contributed by atoms with van der Waals surface area (Å²) in [5, 5.41) is 11.0. The van der Waals surface area contributed by atoms with Crippen LogP contribution in [0.5, 0.6) is 23.1 Å². The van der Waals surface area contributed by atoms with Gasteiger partial charge in [0.2, 0.25) is 5.88 Å². The maximum atomic E-state index is 12.6. The van der Waals surface area contributed by atoms with E-state index in [-0.39, 0.29) is 23.0 Å². The Hall–Kier alpha value is -2.99. The number of halogens is 1. The molecule has 3 aromatic rings. The van der Waals surface area contributed by atoms with Gasteiger partial charge in [0.1, 0.15) is 11.6 Å². The van der Waals surface area contributed by atoms with Gasteiger partial charge in [-0.15, -0.1) is 0 Å². The van der Waals surface area contributed by atoms with Crippen LogP contribution in [0, 0.1) is 0 Å². The highest BCUT2D eigenvalue weighted by atomic mass is 35.5. The molecule has 0 spiro atoms. The van der Waals surface area contributed by atoms with Crippen molar-refractivity contribution in [3.8, 4) is 34.5 Å². The maximum absolute atomic E-state index is 12.6. The molecule has 0 fully saturated rings. The number of phenols is 1. The van der Waals surface area contributed by atoms with Crippen LogP contribution in [0.3, 0.4) is 0 Å². The summed E-state index contributed by atoms with van der Waals surface area (Å²) in [7, 11) is 0. The summed E-state index contributed by atoms with van der Waals surface area (Å²) in [5.74, 6) is 1.29. The van der Waals surface area contributed by atoms with Crippen molar-refractivity contribution in [2.45, 2.75) is 13.3 Å². The zero-order chi connectivity index (χ0) is 18.3. The van der Waals surface area contributed by atoms with E-state index < -0.39 is 0 Å². The average Bonchev–Trinajstić information content (AvgIpc) is 2.62. The first-order valence-electron chi connectivity index (χ1n) is 8.11. The minimum absolute atomic E-state index is 0.0829. The zero-order valence-electron chi connectivity index (χ0n) is 13.9. The number of H-pyrrole nitrogens is 1. The van der Waals surface area contributed by atoms with Gasteiger partial charge in [-0.25, -0.2) is 0 Å². The van der Waals surface area contributed by atoms with Gasteiger partial charge >= 0.3 is 0 Å². The molecule has 2 aromatic carbocycles. The van der Waals surface area contributed by atoms with E-state index in [2.05, 4.69) is 9.97 Å². The van der Waals surface area contributed by atoms with Crippen LogP contribution in [-0.4, -0.2) is 21.7 Å². The van der Waals surface area contributed by atoms with Crippen LogP contribution in [0.1, 0.15) is 18.1 Å². The van der Waals surface area contributed by atoms with Gasteiger partial charge in [0.15, 0.2) is 11.5 Å². The Balaban J connectivity index is 1.80. The summed E-state index contributed by atoms with van der Waals surface area (Å²) in [6.45, 7) is 2.23. The van der Waals surface area contributed by atoms with E-state index >= 15 is 0 Å². The van der Waals surface area contributed by atoms with E-state index in [0.717, 1.165) is 5.56 Å². The van der Waals surface area contributed by atoms with E-state index in [1.807, 2.05) is 6.92 Å². The molecule has 6 nitrogen and oxygen atoms in total. The van der Waals surface area contributed by atoms with Crippen molar-refractivity contribution in [2.75, 3.05) is 6.61 Å². The van der Waals surface area contributed by atoms with E-state index in [4.69, 9.17) is 21.1 Å². The van der Waals surface area contributed by atoms with Crippen LogP contribution in [0.2, 0.25) is 5.02 Å². The molecule has 0 saturated carbocycles. The predicted octanol–water partition coefficient (Wildman–Crippen LogP) is 3.89. The van der Waals surface area contributed by atoms with Gasteiger partial charge < -0.3 is 19.6 Å². The lowest BCUT2D eigenvalue weighted by molar-refractivity contribution is 0.318. The van der Waals surface area contributed by atoms with E-state index in [9.17, 15) is 9.90 Å². The molecule has 1 aliphatic heterocycles. The molecule has 2 heterocycles. The van der Waals surface area contributed by atoms with Crippen LogP contribution < -0.4 is 15.0 Å². The number of fused-ring (bicyclic) bond motifs is 2. The van der Waals surface area contributed by atoms with Gasteiger partial charge in [0.05, 0.1) is 17.7 Å². The van der Waals surface area contributed by atoms with Crippen LogP contribution in [0.4, 0.5) is 0 Å². The molecule has 2 N–H and O–H groups in total. The lowest BCUT2D eigenvalue weighted by Crippen LogP contribution is -2.20. The van der Waals surface area contributed by atoms with Crippen molar-refractivity contribution < 1.29 is 14.6 Å². The highest BCUT2D eigenvalue weighted by Gasteiger charge is 2.23. The molecule has 0 saturated heterocycles. The molecule has 132 valence electrons. The number of hydrogen-bond donors (Lipinski definition) is 2. The third-order valence-corrected chi connectivity index (χ3v) is 4.36. The van der Waals surface area contributed by atoms with Gasteiger partial charge in [0, 0.05) is 17.0 Å². The Morgan fingerprint density at radius 3 is 3.00 bits per heavy atom. The van der Waals surface area contributed by atoms with Crippen molar-refractivity contribution in [1.82, 2.24) is 9.97 Å². The normalized spacial score (nSPS) is 12.1. The summed E-state index contributed by atoms with van der Waals surface area (Å²) >= 11 is 6.01. The van der Waals surface area contributed by atoms with Gasteiger partial charge in [0.25, 0.3) is 5.56 Å². The number of hydrogen-bond acceptors (Lipinski definition) is 5. The lowest BCUT2D eigenvalue weighted by atomic mass is 10.0. The molecule has 7 heteroatoms. The first kappa shape index (κ1) is 16.5. The Morgan fingerprint density at radius 2 is 2.19 bits per heavy atom.